The third-order valence-corrected chi connectivity index (χ3v) is 7.81. The van der Waals surface area contributed by atoms with Crippen molar-refractivity contribution in [1.82, 2.24) is 9.88 Å². The Bertz CT molecular complexity index is 904. The van der Waals surface area contributed by atoms with E-state index in [1.165, 1.54) is 25.7 Å². The normalized spacial score (nSPS) is 25.9. The number of thioether (sulfide) groups is 1. The third kappa shape index (κ3) is 4.46. The summed E-state index contributed by atoms with van der Waals surface area (Å²) in [5, 5.41) is 6.79. The van der Waals surface area contributed by atoms with E-state index in [9.17, 15) is 0 Å². The molecule has 1 aliphatic carbocycles. The molecule has 1 saturated carbocycles. The molecule has 7 heteroatoms. The van der Waals surface area contributed by atoms with Crippen LogP contribution in [0.3, 0.4) is 0 Å². The number of nitrogens with zero attached hydrogens (tertiary/aromatic N) is 2. The number of nitrogens with two attached hydrogens (primary N) is 1. The van der Waals surface area contributed by atoms with Gasteiger partial charge < -0.3 is 20.9 Å². The van der Waals surface area contributed by atoms with Gasteiger partial charge in [-0.1, -0.05) is 24.4 Å². The zero-order chi connectivity index (χ0) is 19.8. The van der Waals surface area contributed by atoms with Crippen LogP contribution in [-0.2, 0) is 0 Å². The van der Waals surface area contributed by atoms with Crippen molar-refractivity contribution in [2.24, 2.45) is 10.7 Å². The first-order valence-electron chi connectivity index (χ1n) is 10.9. The van der Waals surface area contributed by atoms with E-state index in [4.69, 9.17) is 22.3 Å². The van der Waals surface area contributed by atoms with E-state index in [1.807, 2.05) is 17.8 Å². The topological polar surface area (TPSA) is 69.4 Å². The van der Waals surface area contributed by atoms with E-state index >= 15 is 0 Å². The van der Waals surface area contributed by atoms with Gasteiger partial charge >= 0.3 is 0 Å². The van der Waals surface area contributed by atoms with E-state index in [-0.39, 0.29) is 0 Å². The molecule has 1 aromatic heterocycles. The highest BCUT2D eigenvalue weighted by Crippen LogP contribution is 2.33. The molecule has 0 bridgehead atoms. The van der Waals surface area contributed by atoms with Gasteiger partial charge in [-0.2, -0.15) is 0 Å². The highest BCUT2D eigenvalue weighted by atomic mass is 35.5. The number of fused-ring (bicyclic) bond motifs is 1. The fraction of sp³-hybridized carbons (Fsp3) is 0.591. The molecule has 0 amide bonds. The Morgan fingerprint density at radius 3 is 2.90 bits per heavy atom. The van der Waals surface area contributed by atoms with Gasteiger partial charge in [-0.3, -0.25) is 4.99 Å². The lowest BCUT2D eigenvalue weighted by atomic mass is 10.2. The van der Waals surface area contributed by atoms with E-state index in [0.717, 1.165) is 70.6 Å². The lowest BCUT2D eigenvalue weighted by molar-refractivity contribution is 0.322. The summed E-state index contributed by atoms with van der Waals surface area (Å²) < 4.78 is 0. The fourth-order valence-corrected chi connectivity index (χ4v) is 6.14. The number of likely N-dealkylation sites (tertiary alicyclic amines) is 1. The van der Waals surface area contributed by atoms with Gasteiger partial charge in [0.05, 0.1) is 22.9 Å². The van der Waals surface area contributed by atoms with Crippen LogP contribution in [0.1, 0.15) is 44.2 Å². The van der Waals surface area contributed by atoms with Crippen LogP contribution in [0.5, 0.6) is 0 Å². The van der Waals surface area contributed by atoms with Crippen LogP contribution in [0.2, 0.25) is 5.02 Å². The Morgan fingerprint density at radius 1 is 1.24 bits per heavy atom. The van der Waals surface area contributed by atoms with Gasteiger partial charge in [0.15, 0.2) is 0 Å². The molecule has 2 fully saturated rings. The number of hydrogen-bond donors (Lipinski definition) is 3. The Kier molecular flexibility index (Phi) is 5.78. The molecule has 1 saturated heterocycles. The standard InChI is InChI=1S/C22H30ClN5S/c23-15-9-14-10-20(27-21(14)19(11-15)25-17-3-1-2-4-17)22-26-18(13-29-22)6-8-28-7-5-16(24)12-28/h9-11,16-18,25,27H,1-8,12-13,24H2/t16?,18-/m1/s1. The molecule has 3 aliphatic rings. The predicted molar refractivity (Wildman–Crippen MR) is 126 cm³/mol. The van der Waals surface area contributed by atoms with Crippen LogP contribution < -0.4 is 11.1 Å². The van der Waals surface area contributed by atoms with Crippen LogP contribution in [0.15, 0.2) is 23.2 Å². The molecule has 0 spiro atoms. The number of aromatic amines is 1. The fourth-order valence-electron chi connectivity index (χ4n) is 4.83. The van der Waals surface area contributed by atoms with Gasteiger partial charge in [-0.25, -0.2) is 0 Å². The van der Waals surface area contributed by atoms with E-state index in [2.05, 4.69) is 27.3 Å². The molecule has 1 aromatic carbocycles. The first kappa shape index (κ1) is 19.7. The summed E-state index contributed by atoms with van der Waals surface area (Å²) in [5.41, 5.74) is 9.41. The number of benzene rings is 1. The molecule has 5 nitrogen and oxygen atoms in total. The number of aliphatic imine (C=N–C) groups is 1. The Labute approximate surface area is 181 Å². The number of aromatic nitrogens is 1. The van der Waals surface area contributed by atoms with Gasteiger partial charge in [0.2, 0.25) is 0 Å². The molecule has 3 heterocycles. The van der Waals surface area contributed by atoms with Crippen LogP contribution in [0, 0.1) is 0 Å². The zero-order valence-electron chi connectivity index (χ0n) is 16.8. The molecule has 29 heavy (non-hydrogen) atoms. The lowest BCUT2D eigenvalue weighted by Crippen LogP contribution is -2.28. The highest BCUT2D eigenvalue weighted by Gasteiger charge is 2.24. The molecular weight excluding hydrogens is 402 g/mol. The van der Waals surface area contributed by atoms with Crippen molar-refractivity contribution in [2.45, 2.75) is 56.7 Å². The van der Waals surface area contributed by atoms with Gasteiger partial charge in [0, 0.05) is 41.3 Å². The minimum absolute atomic E-state index is 0.359. The number of hydrogen-bond acceptors (Lipinski definition) is 5. The second-order valence-corrected chi connectivity index (χ2v) is 10.2. The molecule has 2 aromatic rings. The second-order valence-electron chi connectivity index (χ2n) is 8.76. The maximum absolute atomic E-state index is 6.41. The van der Waals surface area contributed by atoms with Gasteiger partial charge in [0.25, 0.3) is 0 Å². The molecular formula is C22H30ClN5S. The maximum Gasteiger partial charge on any atom is 0.114 e. The maximum atomic E-state index is 6.41. The van der Waals surface area contributed by atoms with Crippen LogP contribution >= 0.6 is 23.4 Å². The van der Waals surface area contributed by atoms with Crippen molar-refractivity contribution in [3.63, 3.8) is 0 Å². The third-order valence-electron chi connectivity index (χ3n) is 6.44. The highest BCUT2D eigenvalue weighted by molar-refractivity contribution is 8.14. The SMILES string of the molecule is NC1CCN(CC[C@@H]2CSC(c3cc4cc(Cl)cc(NC5CCCC5)c4[nH]3)=N2)C1. The van der Waals surface area contributed by atoms with Crippen molar-refractivity contribution in [3.05, 3.63) is 28.9 Å². The molecule has 5 rings (SSSR count). The van der Waals surface area contributed by atoms with Crippen molar-refractivity contribution >= 4 is 45.0 Å². The van der Waals surface area contributed by atoms with Gasteiger partial charge in [0.1, 0.15) is 5.04 Å². The summed E-state index contributed by atoms with van der Waals surface area (Å²) in [6.07, 6.45) is 7.36. The number of nitrogens with one attached hydrogen (secondary N) is 2. The molecule has 2 atom stereocenters. The van der Waals surface area contributed by atoms with E-state index < -0.39 is 0 Å². The molecule has 156 valence electrons. The predicted octanol–water partition coefficient (Wildman–Crippen LogP) is 4.46. The quantitative estimate of drug-likeness (QED) is 0.631. The Morgan fingerprint density at radius 2 is 2.10 bits per heavy atom. The first-order valence-corrected chi connectivity index (χ1v) is 12.3. The average Bonchev–Trinajstić information content (AvgIpc) is 3.47. The minimum Gasteiger partial charge on any atom is -0.381 e. The van der Waals surface area contributed by atoms with Crippen molar-refractivity contribution < 1.29 is 0 Å². The summed E-state index contributed by atoms with van der Waals surface area (Å²) in [7, 11) is 0. The largest absolute Gasteiger partial charge is 0.381 e. The molecule has 1 unspecified atom stereocenters. The van der Waals surface area contributed by atoms with Crippen LogP contribution in [0.25, 0.3) is 10.9 Å². The summed E-state index contributed by atoms with van der Waals surface area (Å²) >= 11 is 8.28. The van der Waals surface area contributed by atoms with Crippen molar-refractivity contribution in [3.8, 4) is 0 Å². The average molecular weight is 432 g/mol. The molecule has 2 aliphatic heterocycles. The summed E-state index contributed by atoms with van der Waals surface area (Å²) in [4.78, 5) is 11.1. The number of anilines is 1. The lowest BCUT2D eigenvalue weighted by Gasteiger charge is -2.16. The van der Waals surface area contributed by atoms with Crippen LogP contribution in [-0.4, -0.2) is 58.4 Å². The first-order chi connectivity index (χ1) is 14.1. The summed E-state index contributed by atoms with van der Waals surface area (Å²) in [6, 6.07) is 7.62. The minimum atomic E-state index is 0.359. The Hall–Kier alpha value is -1.21. The van der Waals surface area contributed by atoms with E-state index in [0.29, 0.717) is 18.1 Å². The zero-order valence-corrected chi connectivity index (χ0v) is 18.4. The second kappa shape index (κ2) is 8.50. The summed E-state index contributed by atoms with van der Waals surface area (Å²) in [5.74, 6) is 1.07. The Balaban J connectivity index is 1.31. The number of H-pyrrole nitrogens is 1. The summed E-state index contributed by atoms with van der Waals surface area (Å²) in [6.45, 7) is 3.28. The van der Waals surface area contributed by atoms with Crippen LogP contribution in [0.4, 0.5) is 5.69 Å². The number of halogens is 1. The van der Waals surface area contributed by atoms with E-state index in [1.54, 1.807) is 0 Å². The molecule has 4 N–H and O–H groups in total. The smallest absolute Gasteiger partial charge is 0.114 e. The van der Waals surface area contributed by atoms with Gasteiger partial charge in [-0.15, -0.1) is 11.8 Å². The van der Waals surface area contributed by atoms with Gasteiger partial charge in [-0.05, 0) is 50.4 Å². The van der Waals surface area contributed by atoms with Crippen molar-refractivity contribution in [2.75, 3.05) is 30.7 Å². The van der Waals surface area contributed by atoms with Crippen molar-refractivity contribution in [1.29, 1.82) is 0 Å². The molecule has 0 radical (unpaired) electrons. The number of rotatable bonds is 6. The monoisotopic (exact) mass is 431 g/mol.